The van der Waals surface area contributed by atoms with Gasteiger partial charge in [0.1, 0.15) is 11.2 Å². The van der Waals surface area contributed by atoms with E-state index >= 15 is 0 Å². The molecule has 3 aromatic rings. The zero-order valence-corrected chi connectivity index (χ0v) is 27.3. The lowest BCUT2D eigenvalue weighted by Gasteiger charge is -2.26. The standard InChI is InChI=1S/C28H26BrClF3N3O4.C3H6F2/c1-15-5-7-17(12-19(15)24(37)36-18-8-9-21(29)23(13-18)40-4)35-25(38)20-11-16(6-10-22(20)30)14-34-26(39)27(2,3)28(31,32)33;1-2-3(4)5/h5-13H,14H2,1-4H3,(H,34,39)(H,35,38)(H,36,37);3H,2H2,1H3. The van der Waals surface area contributed by atoms with E-state index in [-0.39, 0.29) is 23.6 Å². The molecule has 7 nitrogen and oxygen atoms in total. The van der Waals surface area contributed by atoms with Crippen LogP contribution in [0, 0.1) is 12.3 Å². The lowest BCUT2D eigenvalue weighted by atomic mass is 9.91. The van der Waals surface area contributed by atoms with E-state index in [2.05, 4.69) is 31.9 Å². The molecule has 0 unspecified atom stereocenters. The number of anilines is 2. The first kappa shape index (κ1) is 37.5. The molecule has 3 aromatic carbocycles. The SMILES string of the molecule is CCC(F)F.COc1cc(NC(=O)c2cc(NC(=O)c3cc(CNC(=O)C(C)(C)C(F)(F)F)ccc3Cl)ccc2C)ccc1Br. The highest BCUT2D eigenvalue weighted by Gasteiger charge is 2.52. The van der Waals surface area contributed by atoms with E-state index in [1.807, 2.05) is 0 Å². The number of hydrogen-bond acceptors (Lipinski definition) is 4. The summed E-state index contributed by atoms with van der Waals surface area (Å²) < 4.78 is 66.9. The molecule has 0 radical (unpaired) electrons. The van der Waals surface area contributed by atoms with Gasteiger partial charge in [-0.1, -0.05) is 30.7 Å². The molecule has 0 saturated carbocycles. The van der Waals surface area contributed by atoms with Crippen LogP contribution in [0.1, 0.15) is 59.0 Å². The van der Waals surface area contributed by atoms with Crippen LogP contribution in [0.3, 0.4) is 0 Å². The Labute approximate surface area is 271 Å². The summed E-state index contributed by atoms with van der Waals surface area (Å²) in [5.41, 5.74) is -0.374. The van der Waals surface area contributed by atoms with Gasteiger partial charge in [-0.25, -0.2) is 8.78 Å². The van der Waals surface area contributed by atoms with Crippen LogP contribution in [-0.4, -0.2) is 37.4 Å². The summed E-state index contributed by atoms with van der Waals surface area (Å²) in [5, 5.41) is 7.82. The Morgan fingerprint density at radius 1 is 0.911 bits per heavy atom. The third-order valence-electron chi connectivity index (χ3n) is 6.46. The van der Waals surface area contributed by atoms with Gasteiger partial charge in [0.2, 0.25) is 12.3 Å². The van der Waals surface area contributed by atoms with Gasteiger partial charge in [0.25, 0.3) is 11.8 Å². The number of nitrogens with one attached hydrogen (secondary N) is 3. The molecule has 0 aliphatic heterocycles. The zero-order valence-electron chi connectivity index (χ0n) is 25.0. The minimum atomic E-state index is -4.73. The number of hydrogen-bond donors (Lipinski definition) is 3. The summed E-state index contributed by atoms with van der Waals surface area (Å²) in [4.78, 5) is 38.1. The van der Waals surface area contributed by atoms with Crippen molar-refractivity contribution in [2.75, 3.05) is 17.7 Å². The molecule has 45 heavy (non-hydrogen) atoms. The van der Waals surface area contributed by atoms with E-state index in [1.54, 1.807) is 37.3 Å². The second-order valence-electron chi connectivity index (χ2n) is 10.2. The van der Waals surface area contributed by atoms with Crippen molar-refractivity contribution in [1.29, 1.82) is 0 Å². The molecule has 0 bridgehead atoms. The topological polar surface area (TPSA) is 96.5 Å². The van der Waals surface area contributed by atoms with Crippen LogP contribution < -0.4 is 20.7 Å². The van der Waals surface area contributed by atoms with E-state index in [4.69, 9.17) is 16.3 Å². The number of aryl methyl sites for hydroxylation is 1. The maximum absolute atomic E-state index is 13.1. The minimum absolute atomic E-state index is 0.0278. The average molecular weight is 721 g/mol. The van der Waals surface area contributed by atoms with Crippen LogP contribution in [0.25, 0.3) is 0 Å². The predicted octanol–water partition coefficient (Wildman–Crippen LogP) is 8.79. The van der Waals surface area contributed by atoms with E-state index in [0.29, 0.717) is 33.8 Å². The van der Waals surface area contributed by atoms with Crippen LogP contribution in [0.15, 0.2) is 59.1 Å². The lowest BCUT2D eigenvalue weighted by molar-refractivity contribution is -0.211. The Hall–Kier alpha value is -3.71. The zero-order chi connectivity index (χ0) is 34.1. The molecule has 3 rings (SSSR count). The summed E-state index contributed by atoms with van der Waals surface area (Å²) in [7, 11) is 1.51. The predicted molar refractivity (Wildman–Crippen MR) is 167 cm³/mol. The summed E-state index contributed by atoms with van der Waals surface area (Å²) in [5.74, 6) is -1.68. The fourth-order valence-electron chi connectivity index (χ4n) is 3.47. The molecule has 0 saturated heterocycles. The first-order valence-electron chi connectivity index (χ1n) is 13.4. The van der Waals surface area contributed by atoms with Gasteiger partial charge in [0, 0.05) is 36.0 Å². The van der Waals surface area contributed by atoms with Crippen molar-refractivity contribution in [2.45, 2.75) is 53.3 Å². The Morgan fingerprint density at radius 2 is 1.47 bits per heavy atom. The normalized spacial score (nSPS) is 11.3. The molecule has 3 N–H and O–H groups in total. The highest BCUT2D eigenvalue weighted by Crippen LogP contribution is 2.37. The van der Waals surface area contributed by atoms with E-state index in [0.717, 1.165) is 18.3 Å². The molecule has 0 aliphatic carbocycles. The number of benzene rings is 3. The number of carbonyl (C=O) groups excluding carboxylic acids is 3. The first-order valence-corrected chi connectivity index (χ1v) is 14.6. The molecule has 3 amide bonds. The summed E-state index contributed by atoms with van der Waals surface area (Å²) >= 11 is 9.57. The van der Waals surface area contributed by atoms with E-state index < -0.39 is 35.7 Å². The van der Waals surface area contributed by atoms with Crippen LogP contribution in [0.2, 0.25) is 5.02 Å². The van der Waals surface area contributed by atoms with Gasteiger partial charge >= 0.3 is 6.18 Å². The Bertz CT molecular complexity index is 1530. The molecule has 14 heteroatoms. The van der Waals surface area contributed by atoms with Crippen molar-refractivity contribution in [3.63, 3.8) is 0 Å². The first-order chi connectivity index (χ1) is 20.9. The Balaban J connectivity index is 0.00000130. The smallest absolute Gasteiger partial charge is 0.402 e. The molecule has 244 valence electrons. The quantitative estimate of drug-likeness (QED) is 0.193. The van der Waals surface area contributed by atoms with Crippen molar-refractivity contribution in [3.8, 4) is 5.75 Å². The minimum Gasteiger partial charge on any atom is -0.495 e. The van der Waals surface area contributed by atoms with Crippen LogP contribution >= 0.6 is 27.5 Å². The summed E-state index contributed by atoms with van der Waals surface area (Å²) in [6.45, 7) is 4.53. The third-order valence-corrected chi connectivity index (χ3v) is 7.45. The van der Waals surface area contributed by atoms with Gasteiger partial charge in [0.05, 0.1) is 22.2 Å². The van der Waals surface area contributed by atoms with Crippen LogP contribution in [0.4, 0.5) is 33.3 Å². The van der Waals surface area contributed by atoms with Crippen LogP contribution in [0.5, 0.6) is 5.75 Å². The fraction of sp³-hybridized carbons (Fsp3) is 0.323. The number of methoxy groups -OCH3 is 1. The number of carbonyl (C=O) groups is 3. The Morgan fingerprint density at radius 3 is 2.02 bits per heavy atom. The Kier molecular flexibility index (Phi) is 13.3. The third kappa shape index (κ3) is 10.4. The van der Waals surface area contributed by atoms with Gasteiger partial charge in [0.15, 0.2) is 0 Å². The van der Waals surface area contributed by atoms with E-state index in [1.165, 1.54) is 38.3 Å². The van der Waals surface area contributed by atoms with Crippen molar-refractivity contribution in [2.24, 2.45) is 5.41 Å². The molecule has 0 heterocycles. The molecule has 0 fully saturated rings. The number of rotatable bonds is 9. The van der Waals surface area contributed by atoms with Crippen molar-refractivity contribution < 1.29 is 41.1 Å². The monoisotopic (exact) mass is 719 g/mol. The largest absolute Gasteiger partial charge is 0.495 e. The van der Waals surface area contributed by atoms with Gasteiger partial charge in [-0.05, 0) is 84.2 Å². The van der Waals surface area contributed by atoms with Gasteiger partial charge in [-0.2, -0.15) is 13.2 Å². The number of ether oxygens (including phenoxy) is 1. The van der Waals surface area contributed by atoms with E-state index in [9.17, 15) is 36.3 Å². The molecule has 0 aromatic heterocycles. The second kappa shape index (κ2) is 16.0. The van der Waals surface area contributed by atoms with Gasteiger partial charge in [-0.15, -0.1) is 0 Å². The summed E-state index contributed by atoms with van der Waals surface area (Å²) in [6, 6.07) is 14.2. The number of alkyl halides is 5. The molecular formula is C31H32BrClF5N3O4. The number of halogens is 7. The average Bonchev–Trinajstić information content (AvgIpc) is 2.97. The van der Waals surface area contributed by atoms with Crippen LogP contribution in [-0.2, 0) is 11.3 Å². The van der Waals surface area contributed by atoms with Crippen molar-refractivity contribution in [1.82, 2.24) is 5.32 Å². The van der Waals surface area contributed by atoms with Gasteiger partial charge in [-0.3, -0.25) is 14.4 Å². The fourth-order valence-corrected chi connectivity index (χ4v) is 4.08. The van der Waals surface area contributed by atoms with Crippen molar-refractivity contribution >= 4 is 56.6 Å². The lowest BCUT2D eigenvalue weighted by Crippen LogP contribution is -2.46. The van der Waals surface area contributed by atoms with Crippen molar-refractivity contribution in [3.05, 3.63) is 86.3 Å². The second-order valence-corrected chi connectivity index (χ2v) is 11.5. The molecule has 0 spiro atoms. The maximum Gasteiger partial charge on any atom is 0.402 e. The number of amides is 3. The van der Waals surface area contributed by atoms with Gasteiger partial charge < -0.3 is 20.7 Å². The summed E-state index contributed by atoms with van der Waals surface area (Å²) in [6.07, 6.45) is -6.87. The molecular weight excluding hydrogens is 689 g/mol. The maximum atomic E-state index is 13.1. The molecule has 0 aliphatic rings. The highest BCUT2D eigenvalue weighted by molar-refractivity contribution is 9.10. The highest BCUT2D eigenvalue weighted by atomic mass is 79.9. The molecule has 0 atom stereocenters.